The highest BCUT2D eigenvalue weighted by Crippen LogP contribution is 2.06. The fourth-order valence-electron chi connectivity index (χ4n) is 1.91. The Hall–Kier alpha value is -0.860. The topological polar surface area (TPSA) is 46.2 Å². The first-order valence-corrected chi connectivity index (χ1v) is 7.51. The zero-order valence-corrected chi connectivity index (χ0v) is 11.9. The maximum absolute atomic E-state index is 11.5. The molecule has 0 aromatic heterocycles. The van der Waals surface area contributed by atoms with Gasteiger partial charge in [0, 0.05) is 19.4 Å². The summed E-state index contributed by atoms with van der Waals surface area (Å²) in [5, 5.41) is 2.93. The van der Waals surface area contributed by atoms with Crippen LogP contribution in [-0.2, 0) is 9.59 Å². The van der Waals surface area contributed by atoms with Gasteiger partial charge in [0.05, 0.1) is 0 Å². The van der Waals surface area contributed by atoms with Gasteiger partial charge < -0.3 is 10.1 Å². The van der Waals surface area contributed by atoms with E-state index in [1.807, 2.05) is 0 Å². The highest BCUT2D eigenvalue weighted by atomic mass is 16.1. The summed E-state index contributed by atoms with van der Waals surface area (Å²) < 4.78 is 0. The van der Waals surface area contributed by atoms with Crippen LogP contribution in [0.3, 0.4) is 0 Å². The van der Waals surface area contributed by atoms with Gasteiger partial charge in [-0.2, -0.15) is 0 Å². The highest BCUT2D eigenvalue weighted by molar-refractivity contribution is 5.75. The van der Waals surface area contributed by atoms with Crippen LogP contribution in [0.15, 0.2) is 0 Å². The van der Waals surface area contributed by atoms with Gasteiger partial charge in [-0.25, -0.2) is 0 Å². The molecule has 0 saturated heterocycles. The van der Waals surface area contributed by atoms with Crippen molar-refractivity contribution in [3.05, 3.63) is 0 Å². The lowest BCUT2D eigenvalue weighted by Gasteiger charge is -2.04. The SMILES string of the molecule is CCCCCCCCC(=O)NCCCCCC=O. The normalized spacial score (nSPS) is 10.3. The minimum Gasteiger partial charge on any atom is -0.356 e. The molecule has 0 atom stereocenters. The molecule has 106 valence electrons. The highest BCUT2D eigenvalue weighted by Gasteiger charge is 2.00. The molecule has 0 aliphatic rings. The first-order valence-electron chi connectivity index (χ1n) is 7.51. The van der Waals surface area contributed by atoms with Gasteiger partial charge in [-0.1, -0.05) is 45.4 Å². The third-order valence-electron chi connectivity index (χ3n) is 3.08. The van der Waals surface area contributed by atoms with Crippen molar-refractivity contribution in [1.82, 2.24) is 5.32 Å². The number of carbonyl (C=O) groups excluding carboxylic acids is 2. The molecule has 0 spiro atoms. The summed E-state index contributed by atoms with van der Waals surface area (Å²) >= 11 is 0. The van der Waals surface area contributed by atoms with E-state index in [0.29, 0.717) is 12.8 Å². The summed E-state index contributed by atoms with van der Waals surface area (Å²) in [5.74, 6) is 0.181. The maximum Gasteiger partial charge on any atom is 0.219 e. The average Bonchev–Trinajstić information content (AvgIpc) is 2.38. The Balaban J connectivity index is 3.15. The number of hydrogen-bond acceptors (Lipinski definition) is 2. The van der Waals surface area contributed by atoms with Gasteiger partial charge in [-0.3, -0.25) is 4.79 Å². The van der Waals surface area contributed by atoms with Gasteiger partial charge in [0.1, 0.15) is 6.29 Å². The van der Waals surface area contributed by atoms with Gasteiger partial charge >= 0.3 is 0 Å². The van der Waals surface area contributed by atoms with Crippen LogP contribution in [0.5, 0.6) is 0 Å². The standard InChI is InChI=1S/C15H29NO2/c1-2-3-4-5-6-9-12-15(18)16-13-10-7-8-11-14-17/h14H,2-13H2,1H3,(H,16,18). The lowest BCUT2D eigenvalue weighted by atomic mass is 10.1. The maximum atomic E-state index is 11.5. The molecule has 1 N–H and O–H groups in total. The van der Waals surface area contributed by atoms with E-state index in [0.717, 1.165) is 38.5 Å². The quantitative estimate of drug-likeness (QED) is 0.403. The Morgan fingerprint density at radius 1 is 0.944 bits per heavy atom. The van der Waals surface area contributed by atoms with E-state index in [9.17, 15) is 9.59 Å². The van der Waals surface area contributed by atoms with E-state index in [1.165, 1.54) is 32.1 Å². The van der Waals surface area contributed by atoms with Gasteiger partial charge in [0.15, 0.2) is 0 Å². The largest absolute Gasteiger partial charge is 0.356 e. The van der Waals surface area contributed by atoms with E-state index in [1.54, 1.807) is 0 Å². The van der Waals surface area contributed by atoms with Crippen LogP contribution in [0.25, 0.3) is 0 Å². The van der Waals surface area contributed by atoms with Crippen LogP contribution in [0, 0.1) is 0 Å². The molecular formula is C15H29NO2. The Morgan fingerprint density at radius 3 is 2.33 bits per heavy atom. The Kier molecular flexibility index (Phi) is 13.5. The first-order chi connectivity index (χ1) is 8.81. The van der Waals surface area contributed by atoms with Crippen molar-refractivity contribution >= 4 is 12.2 Å². The predicted molar refractivity (Wildman–Crippen MR) is 75.5 cm³/mol. The van der Waals surface area contributed by atoms with Gasteiger partial charge in [-0.05, 0) is 19.3 Å². The molecule has 18 heavy (non-hydrogen) atoms. The van der Waals surface area contributed by atoms with Crippen LogP contribution in [-0.4, -0.2) is 18.7 Å². The van der Waals surface area contributed by atoms with Crippen molar-refractivity contribution in [2.24, 2.45) is 0 Å². The number of amides is 1. The molecule has 3 nitrogen and oxygen atoms in total. The Bertz CT molecular complexity index is 205. The van der Waals surface area contributed by atoms with Crippen LogP contribution in [0.2, 0.25) is 0 Å². The smallest absolute Gasteiger partial charge is 0.219 e. The molecule has 1 amide bonds. The van der Waals surface area contributed by atoms with E-state index >= 15 is 0 Å². The molecule has 0 aromatic rings. The molecular weight excluding hydrogens is 226 g/mol. The molecule has 0 bridgehead atoms. The zero-order chi connectivity index (χ0) is 13.5. The minimum atomic E-state index is 0.181. The second-order valence-corrected chi connectivity index (χ2v) is 4.88. The number of unbranched alkanes of at least 4 members (excludes halogenated alkanes) is 8. The molecule has 0 fully saturated rings. The zero-order valence-electron chi connectivity index (χ0n) is 11.9. The number of carbonyl (C=O) groups is 2. The summed E-state index contributed by atoms with van der Waals surface area (Å²) in [4.78, 5) is 21.5. The summed E-state index contributed by atoms with van der Waals surface area (Å²) in [5.41, 5.74) is 0. The van der Waals surface area contributed by atoms with E-state index < -0.39 is 0 Å². The average molecular weight is 255 g/mol. The van der Waals surface area contributed by atoms with Crippen molar-refractivity contribution in [1.29, 1.82) is 0 Å². The van der Waals surface area contributed by atoms with Gasteiger partial charge in [-0.15, -0.1) is 0 Å². The third kappa shape index (κ3) is 13.2. The molecule has 0 radical (unpaired) electrons. The van der Waals surface area contributed by atoms with Crippen LogP contribution < -0.4 is 5.32 Å². The molecule has 0 heterocycles. The van der Waals surface area contributed by atoms with Crippen molar-refractivity contribution in [3.8, 4) is 0 Å². The van der Waals surface area contributed by atoms with Gasteiger partial charge in [0.2, 0.25) is 5.91 Å². The number of aldehydes is 1. The van der Waals surface area contributed by atoms with Crippen molar-refractivity contribution in [2.75, 3.05) is 6.54 Å². The Morgan fingerprint density at radius 2 is 1.61 bits per heavy atom. The van der Waals surface area contributed by atoms with Crippen LogP contribution in [0.4, 0.5) is 0 Å². The summed E-state index contributed by atoms with van der Waals surface area (Å²) in [6.45, 7) is 2.97. The summed E-state index contributed by atoms with van der Waals surface area (Å²) in [6.07, 6.45) is 12.5. The Labute approximate surface area is 112 Å². The fraction of sp³-hybridized carbons (Fsp3) is 0.867. The third-order valence-corrected chi connectivity index (χ3v) is 3.08. The van der Waals surface area contributed by atoms with E-state index in [4.69, 9.17) is 0 Å². The molecule has 3 heteroatoms. The lowest BCUT2D eigenvalue weighted by Crippen LogP contribution is -2.23. The van der Waals surface area contributed by atoms with Crippen LogP contribution >= 0.6 is 0 Å². The molecule has 0 aliphatic carbocycles. The second kappa shape index (κ2) is 14.2. The molecule has 0 aromatic carbocycles. The fourth-order valence-corrected chi connectivity index (χ4v) is 1.91. The lowest BCUT2D eigenvalue weighted by molar-refractivity contribution is -0.121. The monoisotopic (exact) mass is 255 g/mol. The molecule has 0 unspecified atom stereocenters. The van der Waals surface area contributed by atoms with Crippen LogP contribution in [0.1, 0.15) is 77.6 Å². The molecule has 0 aliphatic heterocycles. The predicted octanol–water partition coefficient (Wildman–Crippen LogP) is 3.61. The number of rotatable bonds is 13. The van der Waals surface area contributed by atoms with Crippen molar-refractivity contribution in [3.63, 3.8) is 0 Å². The minimum absolute atomic E-state index is 0.181. The summed E-state index contributed by atoms with van der Waals surface area (Å²) in [7, 11) is 0. The summed E-state index contributed by atoms with van der Waals surface area (Å²) in [6, 6.07) is 0. The molecule has 0 saturated carbocycles. The van der Waals surface area contributed by atoms with Crippen molar-refractivity contribution < 1.29 is 9.59 Å². The van der Waals surface area contributed by atoms with E-state index in [2.05, 4.69) is 12.2 Å². The molecule has 0 rings (SSSR count). The van der Waals surface area contributed by atoms with E-state index in [-0.39, 0.29) is 5.91 Å². The van der Waals surface area contributed by atoms with Gasteiger partial charge in [0.25, 0.3) is 0 Å². The number of hydrogen-bond donors (Lipinski definition) is 1. The number of nitrogens with one attached hydrogen (secondary N) is 1. The van der Waals surface area contributed by atoms with Crippen molar-refractivity contribution in [2.45, 2.75) is 77.6 Å². The first kappa shape index (κ1) is 17.1. The second-order valence-electron chi connectivity index (χ2n) is 4.88.